The fourth-order valence-electron chi connectivity index (χ4n) is 2.90. The van der Waals surface area contributed by atoms with Crippen LogP contribution in [-0.4, -0.2) is 51.3 Å². The molecule has 136 valence electrons. The molecule has 0 amide bonds. The number of hydrogen-bond acceptors (Lipinski definition) is 2. The summed E-state index contributed by atoms with van der Waals surface area (Å²) in [5.74, 6) is 1.55. The van der Waals surface area contributed by atoms with Gasteiger partial charge >= 0.3 is 0 Å². The number of ether oxygens (including phenoxy) is 1. The van der Waals surface area contributed by atoms with Gasteiger partial charge in [0.15, 0.2) is 5.96 Å². The Bertz CT molecular complexity index is 545. The summed E-state index contributed by atoms with van der Waals surface area (Å²) in [6.45, 7) is 8.07. The van der Waals surface area contributed by atoms with Crippen molar-refractivity contribution >= 4 is 45.9 Å². The average Bonchev–Trinajstić information content (AvgIpc) is 3.00. The largest absolute Gasteiger partial charge is 0.381 e. The van der Waals surface area contributed by atoms with Gasteiger partial charge in [-0.15, -0.1) is 24.0 Å². The number of aliphatic imine (C=N–C) groups is 1. The van der Waals surface area contributed by atoms with Gasteiger partial charge in [0.25, 0.3) is 0 Å². The Morgan fingerprint density at radius 3 is 2.79 bits per heavy atom. The second-order valence-electron chi connectivity index (χ2n) is 6.91. The lowest BCUT2D eigenvalue weighted by atomic mass is 9.85. The summed E-state index contributed by atoms with van der Waals surface area (Å²) in [5.41, 5.74) is 1.33. The number of guanidine groups is 1. The maximum absolute atomic E-state index is 5.46. The number of rotatable bonds is 5. The van der Waals surface area contributed by atoms with Crippen molar-refractivity contribution in [3.63, 3.8) is 0 Å². The fraction of sp³-hybridized carbons (Fsp3) is 0.611. The van der Waals surface area contributed by atoms with Crippen molar-refractivity contribution in [2.75, 3.05) is 40.4 Å². The van der Waals surface area contributed by atoms with Crippen molar-refractivity contribution < 1.29 is 4.74 Å². The van der Waals surface area contributed by atoms with Crippen LogP contribution in [0.25, 0.3) is 0 Å². The second-order valence-corrected chi connectivity index (χ2v) is 7.82. The maximum atomic E-state index is 5.46. The van der Waals surface area contributed by atoms with Gasteiger partial charge in [-0.05, 0) is 24.1 Å². The highest BCUT2D eigenvalue weighted by Crippen LogP contribution is 2.25. The first-order valence-electron chi connectivity index (χ1n) is 8.18. The van der Waals surface area contributed by atoms with E-state index in [4.69, 9.17) is 4.74 Å². The van der Waals surface area contributed by atoms with Crippen LogP contribution >= 0.6 is 39.9 Å². The molecule has 0 aromatic heterocycles. The molecule has 0 bridgehead atoms. The third-order valence-corrected chi connectivity index (χ3v) is 4.92. The lowest BCUT2D eigenvalue weighted by Gasteiger charge is -2.30. The van der Waals surface area contributed by atoms with Gasteiger partial charge in [-0.25, -0.2) is 0 Å². The van der Waals surface area contributed by atoms with Gasteiger partial charge in [-0.3, -0.25) is 4.99 Å². The summed E-state index contributed by atoms with van der Waals surface area (Å²) in [4.78, 5) is 6.63. The maximum Gasteiger partial charge on any atom is 0.193 e. The highest BCUT2D eigenvalue weighted by atomic mass is 127. The molecule has 1 atom stereocenters. The van der Waals surface area contributed by atoms with Gasteiger partial charge in [0.05, 0.1) is 6.61 Å². The Hall–Kier alpha value is -0.340. The normalized spacial score (nSPS) is 18.2. The van der Waals surface area contributed by atoms with Crippen molar-refractivity contribution in [2.45, 2.75) is 25.7 Å². The van der Waals surface area contributed by atoms with Gasteiger partial charge < -0.3 is 15.0 Å². The molecule has 1 aromatic rings. The predicted molar refractivity (Wildman–Crippen MR) is 116 cm³/mol. The molecule has 0 aliphatic carbocycles. The lowest BCUT2D eigenvalue weighted by Crippen LogP contribution is -2.45. The Labute approximate surface area is 171 Å². The van der Waals surface area contributed by atoms with Gasteiger partial charge in [-0.1, -0.05) is 41.9 Å². The molecule has 1 fully saturated rings. The first-order valence-corrected chi connectivity index (χ1v) is 8.97. The molecule has 1 aromatic carbocycles. The Kier molecular flexibility index (Phi) is 9.01. The van der Waals surface area contributed by atoms with Crippen LogP contribution in [0.15, 0.2) is 33.7 Å². The minimum Gasteiger partial charge on any atom is -0.381 e. The lowest BCUT2D eigenvalue weighted by molar-refractivity contribution is 0.181. The molecular formula is C18H29BrIN3O. The molecular weight excluding hydrogens is 481 g/mol. The number of hydrogen-bond donors (Lipinski definition) is 1. The van der Waals surface area contributed by atoms with E-state index in [1.54, 1.807) is 0 Å². The van der Waals surface area contributed by atoms with Crippen molar-refractivity contribution in [3.8, 4) is 0 Å². The zero-order chi connectivity index (χ0) is 16.9. The minimum absolute atomic E-state index is 0. The molecule has 1 heterocycles. The zero-order valence-corrected chi connectivity index (χ0v) is 18.9. The third-order valence-electron chi connectivity index (χ3n) is 4.42. The summed E-state index contributed by atoms with van der Waals surface area (Å²) in [5, 5.41) is 3.52. The van der Waals surface area contributed by atoms with Crippen LogP contribution in [0.5, 0.6) is 0 Å². The Morgan fingerprint density at radius 1 is 1.46 bits per heavy atom. The molecule has 6 heteroatoms. The number of nitrogens with one attached hydrogen (secondary N) is 1. The Morgan fingerprint density at radius 2 is 2.21 bits per heavy atom. The monoisotopic (exact) mass is 509 g/mol. The Balaban J connectivity index is 0.00000288. The quantitative estimate of drug-likeness (QED) is 0.371. The van der Waals surface area contributed by atoms with Crippen molar-refractivity contribution in [2.24, 2.45) is 10.9 Å². The molecule has 0 radical (unpaired) electrons. The fourth-order valence-corrected chi connectivity index (χ4v) is 3.30. The zero-order valence-electron chi connectivity index (χ0n) is 15.0. The molecule has 1 N–H and O–H groups in total. The van der Waals surface area contributed by atoms with E-state index in [0.29, 0.717) is 5.92 Å². The van der Waals surface area contributed by atoms with E-state index >= 15 is 0 Å². The predicted octanol–water partition coefficient (Wildman–Crippen LogP) is 3.89. The van der Waals surface area contributed by atoms with E-state index in [0.717, 1.165) is 43.2 Å². The standard InChI is InChI=1S/C18H28BrN3O.HI/c1-18(2,15-6-5-7-16(19)10-15)13-21-17(20-3)22(4)11-14-8-9-23-12-14;/h5-7,10,14H,8-9,11-13H2,1-4H3,(H,20,21);1H. The van der Waals surface area contributed by atoms with Gasteiger partial charge in [0.2, 0.25) is 0 Å². The first kappa shape index (κ1) is 21.7. The highest BCUT2D eigenvalue weighted by molar-refractivity contribution is 14.0. The summed E-state index contributed by atoms with van der Waals surface area (Å²) in [7, 11) is 3.94. The van der Waals surface area contributed by atoms with Crippen LogP contribution in [0.3, 0.4) is 0 Å². The summed E-state index contributed by atoms with van der Waals surface area (Å²) >= 11 is 3.56. The van der Waals surface area contributed by atoms with Crippen LogP contribution in [-0.2, 0) is 10.2 Å². The average molecular weight is 510 g/mol. The van der Waals surface area contributed by atoms with Crippen molar-refractivity contribution in [1.29, 1.82) is 0 Å². The van der Waals surface area contributed by atoms with E-state index in [2.05, 4.69) is 76.3 Å². The number of halogens is 2. The minimum atomic E-state index is 0. The van der Waals surface area contributed by atoms with Gasteiger partial charge in [0, 0.05) is 49.6 Å². The summed E-state index contributed by atoms with van der Waals surface area (Å²) in [6, 6.07) is 8.50. The van der Waals surface area contributed by atoms with Gasteiger partial charge in [-0.2, -0.15) is 0 Å². The summed E-state index contributed by atoms with van der Waals surface area (Å²) in [6.07, 6.45) is 1.14. The van der Waals surface area contributed by atoms with E-state index in [9.17, 15) is 0 Å². The number of nitrogens with zero attached hydrogens (tertiary/aromatic N) is 2. The third kappa shape index (κ3) is 6.19. The van der Waals surface area contributed by atoms with E-state index in [-0.39, 0.29) is 29.4 Å². The topological polar surface area (TPSA) is 36.9 Å². The van der Waals surface area contributed by atoms with Crippen LogP contribution in [0.2, 0.25) is 0 Å². The number of benzene rings is 1. The molecule has 1 aliphatic rings. The van der Waals surface area contributed by atoms with Crippen LogP contribution in [0.4, 0.5) is 0 Å². The van der Waals surface area contributed by atoms with E-state index in [1.807, 2.05) is 7.05 Å². The molecule has 1 aliphatic heterocycles. The van der Waals surface area contributed by atoms with Crippen LogP contribution < -0.4 is 5.32 Å². The second kappa shape index (κ2) is 9.97. The van der Waals surface area contributed by atoms with Crippen LogP contribution in [0.1, 0.15) is 25.8 Å². The molecule has 2 rings (SSSR count). The van der Waals surface area contributed by atoms with Gasteiger partial charge in [0.1, 0.15) is 0 Å². The van der Waals surface area contributed by atoms with E-state index in [1.165, 1.54) is 5.56 Å². The molecule has 24 heavy (non-hydrogen) atoms. The van der Waals surface area contributed by atoms with Crippen LogP contribution in [0, 0.1) is 5.92 Å². The smallest absolute Gasteiger partial charge is 0.193 e. The highest BCUT2D eigenvalue weighted by Gasteiger charge is 2.23. The van der Waals surface area contributed by atoms with Crippen molar-refractivity contribution in [1.82, 2.24) is 10.2 Å². The first-order chi connectivity index (χ1) is 10.9. The van der Waals surface area contributed by atoms with Crippen molar-refractivity contribution in [3.05, 3.63) is 34.3 Å². The molecule has 1 saturated heterocycles. The summed E-state index contributed by atoms with van der Waals surface area (Å²) < 4.78 is 6.58. The molecule has 0 spiro atoms. The molecule has 1 unspecified atom stereocenters. The molecule has 4 nitrogen and oxygen atoms in total. The molecule has 0 saturated carbocycles. The SMILES string of the molecule is CN=C(NCC(C)(C)c1cccc(Br)c1)N(C)CC1CCOC1.I. The van der Waals surface area contributed by atoms with E-state index < -0.39 is 0 Å².